The molecule has 1 saturated heterocycles. The van der Waals surface area contributed by atoms with Crippen LogP contribution < -0.4 is 15.0 Å². The van der Waals surface area contributed by atoms with Gasteiger partial charge in [0.1, 0.15) is 11.8 Å². The van der Waals surface area contributed by atoms with Crippen LogP contribution in [0.5, 0.6) is 5.75 Å². The zero-order chi connectivity index (χ0) is 25.1. The smallest absolute Gasteiger partial charge is 0.256 e. The normalized spacial score (nSPS) is 16.9. The average Bonchev–Trinajstić information content (AvgIpc) is 3.38. The molecule has 2 heterocycles. The van der Waals surface area contributed by atoms with Crippen molar-refractivity contribution >= 4 is 23.4 Å². The van der Waals surface area contributed by atoms with Gasteiger partial charge < -0.3 is 19.9 Å². The number of hydrogen-bond donors (Lipinski definition) is 1. The molecule has 0 aromatic heterocycles. The molecule has 1 N–H and O–H groups in total. The summed E-state index contributed by atoms with van der Waals surface area (Å²) in [6, 6.07) is 21.7. The molecule has 36 heavy (non-hydrogen) atoms. The Morgan fingerprint density at radius 1 is 1.03 bits per heavy atom. The number of nitrogens with one attached hydrogen (secondary N) is 1. The highest BCUT2D eigenvalue weighted by Crippen LogP contribution is 2.33. The maximum atomic E-state index is 13.6. The maximum absolute atomic E-state index is 13.6. The van der Waals surface area contributed by atoms with Gasteiger partial charge in [-0.15, -0.1) is 0 Å². The second-order valence-corrected chi connectivity index (χ2v) is 9.02. The molecule has 0 spiro atoms. The van der Waals surface area contributed by atoms with Crippen LogP contribution in [0.15, 0.2) is 72.8 Å². The van der Waals surface area contributed by atoms with Gasteiger partial charge in [0.25, 0.3) is 11.8 Å². The van der Waals surface area contributed by atoms with Gasteiger partial charge in [0, 0.05) is 18.7 Å². The molecule has 0 saturated carbocycles. The highest BCUT2D eigenvalue weighted by Gasteiger charge is 2.42. The number of para-hydroxylation sites is 1. The van der Waals surface area contributed by atoms with E-state index in [2.05, 4.69) is 5.32 Å². The maximum Gasteiger partial charge on any atom is 0.256 e. The van der Waals surface area contributed by atoms with Crippen molar-refractivity contribution in [3.63, 3.8) is 0 Å². The molecular formula is C29H29N3O4. The Bertz CT molecular complexity index is 1300. The first-order valence-electron chi connectivity index (χ1n) is 12.4. The Kier molecular flexibility index (Phi) is 6.71. The van der Waals surface area contributed by atoms with Crippen LogP contribution in [0.2, 0.25) is 0 Å². The molecule has 7 heteroatoms. The lowest BCUT2D eigenvalue weighted by atomic mass is 10.0. The van der Waals surface area contributed by atoms with Gasteiger partial charge in [-0.25, -0.2) is 0 Å². The molecule has 2 aliphatic rings. The van der Waals surface area contributed by atoms with E-state index in [4.69, 9.17) is 4.74 Å². The highest BCUT2D eigenvalue weighted by atomic mass is 16.5. The number of nitrogens with zero attached hydrogens (tertiary/aromatic N) is 2. The van der Waals surface area contributed by atoms with Crippen molar-refractivity contribution in [2.24, 2.45) is 0 Å². The van der Waals surface area contributed by atoms with E-state index < -0.39 is 6.04 Å². The summed E-state index contributed by atoms with van der Waals surface area (Å²) in [6.45, 7) is 3.65. The Labute approximate surface area is 210 Å². The third-order valence-corrected chi connectivity index (χ3v) is 6.74. The highest BCUT2D eigenvalue weighted by molar-refractivity contribution is 6.11. The summed E-state index contributed by atoms with van der Waals surface area (Å²) in [5.74, 6) is 0.332. The quantitative estimate of drug-likeness (QED) is 0.547. The molecule has 184 valence electrons. The number of fused-ring (bicyclic) bond motifs is 2. The van der Waals surface area contributed by atoms with E-state index in [1.54, 1.807) is 28.0 Å². The second-order valence-electron chi connectivity index (χ2n) is 9.02. The molecule has 0 unspecified atom stereocenters. The SMILES string of the molecule is CCOc1cccc(CNC(=O)c2ccccc2CN2C(=O)[C@@H]3CCCN3C(=O)c3ccccc32)c1. The van der Waals surface area contributed by atoms with Gasteiger partial charge in [0.15, 0.2) is 0 Å². The van der Waals surface area contributed by atoms with Crippen LogP contribution in [-0.4, -0.2) is 41.8 Å². The standard InChI is InChI=1S/C29H29N3O4/c1-2-36-22-11-7-9-20(17-22)18-30-27(33)23-12-4-3-10-21(23)19-32-25-14-6-5-13-24(25)28(34)31-16-8-15-26(31)29(32)35/h3-7,9-14,17,26H,2,8,15-16,18-19H2,1H3,(H,30,33)/t26-/m0/s1. The number of benzene rings is 3. The third-order valence-electron chi connectivity index (χ3n) is 6.74. The molecule has 3 amide bonds. The van der Waals surface area contributed by atoms with Gasteiger partial charge in [-0.3, -0.25) is 14.4 Å². The molecule has 1 fully saturated rings. The fraction of sp³-hybridized carbons (Fsp3) is 0.276. The summed E-state index contributed by atoms with van der Waals surface area (Å²) in [5.41, 5.74) is 3.27. The number of rotatable bonds is 7. The summed E-state index contributed by atoms with van der Waals surface area (Å²) < 4.78 is 5.55. The summed E-state index contributed by atoms with van der Waals surface area (Å²) >= 11 is 0. The largest absolute Gasteiger partial charge is 0.494 e. The zero-order valence-electron chi connectivity index (χ0n) is 20.3. The van der Waals surface area contributed by atoms with Crippen molar-refractivity contribution in [1.29, 1.82) is 0 Å². The Morgan fingerprint density at radius 3 is 2.69 bits per heavy atom. The van der Waals surface area contributed by atoms with Crippen LogP contribution in [0, 0.1) is 0 Å². The number of carbonyl (C=O) groups excluding carboxylic acids is 3. The summed E-state index contributed by atoms with van der Waals surface area (Å²) in [5, 5.41) is 2.99. The van der Waals surface area contributed by atoms with Crippen molar-refractivity contribution in [3.8, 4) is 5.75 Å². The molecule has 3 aromatic rings. The fourth-order valence-corrected chi connectivity index (χ4v) is 5.01. The first-order valence-corrected chi connectivity index (χ1v) is 12.4. The van der Waals surface area contributed by atoms with Crippen molar-refractivity contribution in [1.82, 2.24) is 10.2 Å². The van der Waals surface area contributed by atoms with Crippen molar-refractivity contribution in [2.75, 3.05) is 18.1 Å². The first-order chi connectivity index (χ1) is 17.6. The summed E-state index contributed by atoms with van der Waals surface area (Å²) in [4.78, 5) is 43.4. The van der Waals surface area contributed by atoms with Crippen LogP contribution in [0.25, 0.3) is 0 Å². The monoisotopic (exact) mass is 483 g/mol. The predicted molar refractivity (Wildman–Crippen MR) is 137 cm³/mol. The number of hydrogen-bond acceptors (Lipinski definition) is 4. The van der Waals surface area contributed by atoms with E-state index in [9.17, 15) is 14.4 Å². The molecule has 1 atom stereocenters. The Hall–Kier alpha value is -4.13. The van der Waals surface area contributed by atoms with Gasteiger partial charge in [-0.05, 0) is 61.2 Å². The number of ether oxygens (including phenoxy) is 1. The van der Waals surface area contributed by atoms with Crippen molar-refractivity contribution in [3.05, 3.63) is 95.1 Å². The average molecular weight is 484 g/mol. The minimum Gasteiger partial charge on any atom is -0.494 e. The fourth-order valence-electron chi connectivity index (χ4n) is 5.01. The van der Waals surface area contributed by atoms with Crippen LogP contribution in [0.1, 0.15) is 51.6 Å². The first kappa shape index (κ1) is 23.6. The van der Waals surface area contributed by atoms with Gasteiger partial charge >= 0.3 is 0 Å². The van der Waals surface area contributed by atoms with Gasteiger partial charge in [-0.1, -0.05) is 42.5 Å². The molecule has 5 rings (SSSR count). The van der Waals surface area contributed by atoms with E-state index in [1.807, 2.05) is 61.5 Å². The minimum absolute atomic E-state index is 0.103. The van der Waals surface area contributed by atoms with Crippen molar-refractivity contribution < 1.29 is 19.1 Å². The van der Waals surface area contributed by atoms with E-state index in [1.165, 1.54) is 0 Å². The summed E-state index contributed by atoms with van der Waals surface area (Å²) in [7, 11) is 0. The Balaban J connectivity index is 1.40. The van der Waals surface area contributed by atoms with E-state index >= 15 is 0 Å². The number of anilines is 1. The molecule has 7 nitrogen and oxygen atoms in total. The molecule has 0 aliphatic carbocycles. The lowest BCUT2D eigenvalue weighted by Gasteiger charge is -2.26. The van der Waals surface area contributed by atoms with Crippen LogP contribution in [0.4, 0.5) is 5.69 Å². The zero-order valence-corrected chi connectivity index (χ0v) is 20.3. The van der Waals surface area contributed by atoms with E-state index in [-0.39, 0.29) is 24.3 Å². The summed E-state index contributed by atoms with van der Waals surface area (Å²) in [6.07, 6.45) is 1.46. The predicted octanol–water partition coefficient (Wildman–Crippen LogP) is 4.17. The van der Waals surface area contributed by atoms with Crippen LogP contribution in [-0.2, 0) is 17.9 Å². The van der Waals surface area contributed by atoms with Gasteiger partial charge in [0.05, 0.1) is 24.4 Å². The minimum atomic E-state index is -0.469. The molecular weight excluding hydrogens is 454 g/mol. The Morgan fingerprint density at radius 2 is 1.83 bits per heavy atom. The van der Waals surface area contributed by atoms with Gasteiger partial charge in [0.2, 0.25) is 5.91 Å². The second kappa shape index (κ2) is 10.2. The number of amides is 3. The lowest BCUT2D eigenvalue weighted by Crippen LogP contribution is -2.44. The molecule has 0 bridgehead atoms. The molecule has 2 aliphatic heterocycles. The van der Waals surface area contributed by atoms with Crippen LogP contribution in [0.3, 0.4) is 0 Å². The van der Waals surface area contributed by atoms with Gasteiger partial charge in [-0.2, -0.15) is 0 Å². The molecule has 3 aromatic carbocycles. The third kappa shape index (κ3) is 4.56. The van der Waals surface area contributed by atoms with Crippen molar-refractivity contribution in [2.45, 2.75) is 38.9 Å². The molecule has 0 radical (unpaired) electrons. The lowest BCUT2D eigenvalue weighted by molar-refractivity contribution is -0.122. The topological polar surface area (TPSA) is 79.0 Å². The van der Waals surface area contributed by atoms with E-state index in [0.29, 0.717) is 42.9 Å². The number of carbonyl (C=O) groups is 3. The van der Waals surface area contributed by atoms with E-state index in [0.717, 1.165) is 23.3 Å². The van der Waals surface area contributed by atoms with Crippen LogP contribution >= 0.6 is 0 Å².